The fourth-order valence-corrected chi connectivity index (χ4v) is 3.79. The van der Waals surface area contributed by atoms with E-state index in [2.05, 4.69) is 25.4 Å². The second kappa shape index (κ2) is 9.11. The number of thiazole rings is 1. The Morgan fingerprint density at radius 3 is 2.74 bits per heavy atom. The number of nitrogens with one attached hydrogen (secondary N) is 1. The van der Waals surface area contributed by atoms with Crippen LogP contribution in [0.1, 0.15) is 11.3 Å². The summed E-state index contributed by atoms with van der Waals surface area (Å²) in [5, 5.41) is 20.5. The van der Waals surface area contributed by atoms with E-state index in [-0.39, 0.29) is 6.61 Å². The molecule has 0 aliphatic heterocycles. The van der Waals surface area contributed by atoms with E-state index < -0.39 is 0 Å². The van der Waals surface area contributed by atoms with Crippen molar-refractivity contribution in [1.29, 1.82) is 0 Å². The first kappa shape index (κ1) is 20.8. The first-order chi connectivity index (χ1) is 15.1. The van der Waals surface area contributed by atoms with Gasteiger partial charge in [0.1, 0.15) is 22.2 Å². The van der Waals surface area contributed by atoms with E-state index in [4.69, 9.17) is 9.47 Å². The lowest BCUT2D eigenvalue weighted by Gasteiger charge is -2.17. The summed E-state index contributed by atoms with van der Waals surface area (Å²) in [7, 11) is 3.09. The molecule has 0 spiro atoms. The minimum Gasteiger partial charge on any atom is -0.481 e. The lowest BCUT2D eigenvalue weighted by atomic mass is 10.1. The molecule has 0 bridgehead atoms. The number of hydrogen-bond donors (Lipinski definition) is 2. The van der Waals surface area contributed by atoms with E-state index in [0.717, 1.165) is 27.6 Å². The summed E-state index contributed by atoms with van der Waals surface area (Å²) in [6, 6.07) is 7.41. The van der Waals surface area contributed by atoms with Gasteiger partial charge in [0, 0.05) is 48.1 Å². The Kier molecular flexibility index (Phi) is 6.10. The maximum absolute atomic E-state index is 9.73. The van der Waals surface area contributed by atoms with Crippen LogP contribution in [0.15, 0.2) is 42.0 Å². The summed E-state index contributed by atoms with van der Waals surface area (Å²) >= 11 is 1.53. The van der Waals surface area contributed by atoms with Crippen LogP contribution in [0.2, 0.25) is 0 Å². The Balaban J connectivity index is 1.77. The molecule has 0 saturated heterocycles. The lowest BCUT2D eigenvalue weighted by molar-refractivity contribution is 0.299. The van der Waals surface area contributed by atoms with E-state index in [0.29, 0.717) is 29.7 Å². The second-order valence-electron chi connectivity index (χ2n) is 6.60. The number of methoxy groups -OCH3 is 2. The normalized spacial score (nSPS) is 10.8. The minimum atomic E-state index is -0.0367. The zero-order valence-corrected chi connectivity index (χ0v) is 18.2. The number of aryl methyl sites for hydroxylation is 1. The number of aliphatic hydroxyl groups is 1. The van der Waals surface area contributed by atoms with Gasteiger partial charge in [-0.25, -0.2) is 14.6 Å². The van der Waals surface area contributed by atoms with E-state index >= 15 is 0 Å². The number of aliphatic hydroxyl groups excluding tert-OH is 1. The number of rotatable bonds is 8. The van der Waals surface area contributed by atoms with Crippen LogP contribution in [0.4, 0.5) is 11.5 Å². The Bertz CT molecular complexity index is 1180. The van der Waals surface area contributed by atoms with Crippen molar-refractivity contribution in [3.05, 3.63) is 53.3 Å². The molecule has 2 N–H and O–H groups in total. The van der Waals surface area contributed by atoms with Crippen molar-refractivity contribution in [2.24, 2.45) is 0 Å². The summed E-state index contributed by atoms with van der Waals surface area (Å²) in [5.74, 6) is 1.42. The Morgan fingerprint density at radius 2 is 2.03 bits per heavy atom. The molecule has 0 aromatic carbocycles. The summed E-state index contributed by atoms with van der Waals surface area (Å²) in [6.45, 7) is 1.87. The Labute approximate surface area is 183 Å². The third-order valence-electron chi connectivity index (χ3n) is 4.57. The zero-order chi connectivity index (χ0) is 21.8. The van der Waals surface area contributed by atoms with Gasteiger partial charge in [-0.15, -0.1) is 11.3 Å². The largest absolute Gasteiger partial charge is 0.481 e. The number of anilines is 2. The molecule has 0 aliphatic carbocycles. The second-order valence-corrected chi connectivity index (χ2v) is 7.50. The summed E-state index contributed by atoms with van der Waals surface area (Å²) in [4.78, 5) is 13.3. The predicted octanol–water partition coefficient (Wildman–Crippen LogP) is 3.39. The molecule has 0 unspecified atom stereocenters. The maximum atomic E-state index is 9.73. The highest BCUT2D eigenvalue weighted by Crippen LogP contribution is 2.32. The van der Waals surface area contributed by atoms with Crippen molar-refractivity contribution >= 4 is 22.8 Å². The molecule has 0 saturated carbocycles. The predicted molar refractivity (Wildman–Crippen MR) is 119 cm³/mol. The van der Waals surface area contributed by atoms with E-state index in [1.54, 1.807) is 31.2 Å². The molecule has 4 rings (SSSR count). The van der Waals surface area contributed by atoms with Crippen LogP contribution in [0.5, 0.6) is 11.8 Å². The molecule has 0 aliphatic rings. The molecule has 4 heterocycles. The van der Waals surface area contributed by atoms with Crippen LogP contribution in [-0.4, -0.2) is 50.7 Å². The Morgan fingerprint density at radius 1 is 1.16 bits per heavy atom. The van der Waals surface area contributed by atoms with Gasteiger partial charge < -0.3 is 19.9 Å². The molecule has 31 heavy (non-hydrogen) atoms. The number of hydrogen-bond acceptors (Lipinski definition) is 9. The molecule has 0 amide bonds. The van der Waals surface area contributed by atoms with Gasteiger partial charge in [-0.3, -0.25) is 0 Å². The molecule has 0 atom stereocenters. The smallest absolute Gasteiger partial charge is 0.240 e. The minimum absolute atomic E-state index is 0.0367. The SMILES string of the molecule is COc1ccc(Nc2nc(C)cc(-n3ccc(-c4nccs4)n3)c2CCO)c(OC)n1. The van der Waals surface area contributed by atoms with Crippen molar-refractivity contribution in [2.45, 2.75) is 13.3 Å². The van der Waals surface area contributed by atoms with E-state index in [9.17, 15) is 5.11 Å². The first-order valence-electron chi connectivity index (χ1n) is 9.56. The topological polar surface area (TPSA) is 107 Å². The molecule has 10 heteroatoms. The van der Waals surface area contributed by atoms with Gasteiger partial charge in [-0.05, 0) is 25.1 Å². The quantitative estimate of drug-likeness (QED) is 0.431. The van der Waals surface area contributed by atoms with Gasteiger partial charge in [0.2, 0.25) is 11.8 Å². The number of aromatic nitrogens is 5. The molecular weight excluding hydrogens is 416 g/mol. The first-order valence-corrected chi connectivity index (χ1v) is 10.4. The molecule has 160 valence electrons. The third kappa shape index (κ3) is 4.35. The number of nitrogens with zero attached hydrogens (tertiary/aromatic N) is 5. The van der Waals surface area contributed by atoms with E-state index in [1.807, 2.05) is 36.7 Å². The molecule has 4 aromatic rings. The van der Waals surface area contributed by atoms with Gasteiger partial charge in [0.05, 0.1) is 19.9 Å². The summed E-state index contributed by atoms with van der Waals surface area (Å²) < 4.78 is 12.3. The standard InChI is InChI=1S/C21H22N6O3S/c1-13-12-17(27-9-6-16(26-27)21-22-8-11-31-21)14(7-10-28)19(23-13)24-15-4-5-18(29-2)25-20(15)30-3/h4-6,8-9,11-12,28H,7,10H2,1-3H3,(H,23,24). The van der Waals surface area contributed by atoms with Crippen molar-refractivity contribution in [1.82, 2.24) is 24.7 Å². The molecule has 9 nitrogen and oxygen atoms in total. The highest BCUT2D eigenvalue weighted by molar-refractivity contribution is 7.13. The molecule has 0 fully saturated rings. The van der Waals surface area contributed by atoms with Crippen molar-refractivity contribution < 1.29 is 14.6 Å². The van der Waals surface area contributed by atoms with Crippen LogP contribution in [0, 0.1) is 6.92 Å². The molecule has 0 radical (unpaired) electrons. The summed E-state index contributed by atoms with van der Waals surface area (Å²) in [6.07, 6.45) is 4.03. The van der Waals surface area contributed by atoms with Crippen LogP contribution >= 0.6 is 11.3 Å². The van der Waals surface area contributed by atoms with Gasteiger partial charge >= 0.3 is 0 Å². The van der Waals surface area contributed by atoms with Crippen LogP contribution in [0.25, 0.3) is 16.4 Å². The number of pyridine rings is 2. The van der Waals surface area contributed by atoms with Crippen molar-refractivity contribution in [2.75, 3.05) is 26.1 Å². The van der Waals surface area contributed by atoms with Gasteiger partial charge in [-0.1, -0.05) is 0 Å². The zero-order valence-electron chi connectivity index (χ0n) is 17.4. The van der Waals surface area contributed by atoms with Crippen molar-refractivity contribution in [3.8, 4) is 28.1 Å². The fraction of sp³-hybridized carbons (Fsp3) is 0.238. The van der Waals surface area contributed by atoms with Gasteiger partial charge in [0.15, 0.2) is 0 Å². The average Bonchev–Trinajstić information content (AvgIpc) is 3.47. The van der Waals surface area contributed by atoms with Gasteiger partial charge in [0.25, 0.3) is 0 Å². The third-order valence-corrected chi connectivity index (χ3v) is 5.36. The highest BCUT2D eigenvalue weighted by Gasteiger charge is 2.17. The van der Waals surface area contributed by atoms with Crippen LogP contribution < -0.4 is 14.8 Å². The summed E-state index contributed by atoms with van der Waals surface area (Å²) in [5.41, 5.74) is 3.86. The van der Waals surface area contributed by atoms with Crippen LogP contribution in [0.3, 0.4) is 0 Å². The highest BCUT2D eigenvalue weighted by atomic mass is 32.1. The Hall–Kier alpha value is -3.50. The number of ether oxygens (including phenoxy) is 2. The van der Waals surface area contributed by atoms with Crippen LogP contribution in [-0.2, 0) is 6.42 Å². The van der Waals surface area contributed by atoms with E-state index in [1.165, 1.54) is 11.3 Å². The average molecular weight is 439 g/mol. The maximum Gasteiger partial charge on any atom is 0.240 e. The fourth-order valence-electron chi connectivity index (χ4n) is 3.19. The monoisotopic (exact) mass is 438 g/mol. The lowest BCUT2D eigenvalue weighted by Crippen LogP contribution is -2.10. The molecular formula is C21H22N6O3S. The van der Waals surface area contributed by atoms with Crippen molar-refractivity contribution in [3.63, 3.8) is 0 Å². The van der Waals surface area contributed by atoms with Gasteiger partial charge in [-0.2, -0.15) is 10.1 Å². The molecule has 4 aromatic heterocycles.